The highest BCUT2D eigenvalue weighted by molar-refractivity contribution is 6.05. The van der Waals surface area contributed by atoms with Crippen molar-refractivity contribution in [1.82, 2.24) is 10.2 Å². The predicted molar refractivity (Wildman–Crippen MR) is 90.9 cm³/mol. The lowest BCUT2D eigenvalue weighted by atomic mass is 9.80. The first kappa shape index (κ1) is 16.2. The second kappa shape index (κ2) is 6.44. The Morgan fingerprint density at radius 1 is 1.17 bits per heavy atom. The lowest BCUT2D eigenvalue weighted by Gasteiger charge is -2.43. The molecular formula is C19H26N2O2. The Kier molecular flexibility index (Phi) is 4.53. The summed E-state index contributed by atoms with van der Waals surface area (Å²) < 4.78 is 0. The van der Waals surface area contributed by atoms with Gasteiger partial charge in [-0.05, 0) is 45.0 Å². The fraction of sp³-hybridized carbons (Fsp3) is 0.579. The number of hydrogen-bond donors (Lipinski definition) is 1. The number of nitrogens with one attached hydrogen (secondary N) is 1. The van der Waals surface area contributed by atoms with E-state index in [0.29, 0.717) is 24.9 Å². The Balaban J connectivity index is 1.74. The van der Waals surface area contributed by atoms with Gasteiger partial charge in [0.25, 0.3) is 5.91 Å². The molecule has 1 aromatic rings. The van der Waals surface area contributed by atoms with E-state index in [9.17, 15) is 9.59 Å². The zero-order valence-corrected chi connectivity index (χ0v) is 14.2. The van der Waals surface area contributed by atoms with Gasteiger partial charge >= 0.3 is 0 Å². The van der Waals surface area contributed by atoms with E-state index >= 15 is 0 Å². The number of amides is 1. The Morgan fingerprint density at radius 3 is 2.61 bits per heavy atom. The van der Waals surface area contributed by atoms with Crippen LogP contribution >= 0.6 is 0 Å². The highest BCUT2D eigenvalue weighted by Crippen LogP contribution is 2.32. The predicted octanol–water partition coefficient (Wildman–Crippen LogP) is 2.81. The first-order valence-corrected chi connectivity index (χ1v) is 8.64. The maximum Gasteiger partial charge on any atom is 0.251 e. The standard InChI is InChI=1S/C19H26N2O2/c1-21(2)19(11-4-3-5-12-19)13-20-18(23)16-8-6-7-15-14(16)9-10-17(15)22/h6-8H,3-5,9-13H2,1-2H3,(H,20,23). The third-order valence-electron chi connectivity index (χ3n) is 5.63. The molecule has 1 fully saturated rings. The van der Waals surface area contributed by atoms with Gasteiger partial charge in [-0.3, -0.25) is 9.59 Å². The largest absolute Gasteiger partial charge is 0.350 e. The number of carbonyl (C=O) groups excluding carboxylic acids is 2. The highest BCUT2D eigenvalue weighted by Gasteiger charge is 2.35. The van der Waals surface area contributed by atoms with Gasteiger partial charge in [0.05, 0.1) is 0 Å². The summed E-state index contributed by atoms with van der Waals surface area (Å²) in [5.41, 5.74) is 2.41. The Bertz CT molecular complexity index is 616. The zero-order valence-electron chi connectivity index (χ0n) is 14.2. The molecule has 2 aliphatic carbocycles. The van der Waals surface area contributed by atoms with Crippen LogP contribution in [0.2, 0.25) is 0 Å². The number of ketones is 1. The van der Waals surface area contributed by atoms with Crippen LogP contribution in [-0.2, 0) is 6.42 Å². The number of fused-ring (bicyclic) bond motifs is 1. The van der Waals surface area contributed by atoms with Crippen molar-refractivity contribution in [3.8, 4) is 0 Å². The van der Waals surface area contributed by atoms with E-state index in [1.54, 1.807) is 0 Å². The van der Waals surface area contributed by atoms with Crippen molar-refractivity contribution in [1.29, 1.82) is 0 Å². The van der Waals surface area contributed by atoms with Gasteiger partial charge < -0.3 is 10.2 Å². The first-order chi connectivity index (χ1) is 11.0. The van der Waals surface area contributed by atoms with E-state index in [1.807, 2.05) is 18.2 Å². The Labute approximate surface area is 138 Å². The molecule has 3 rings (SSSR count). The molecule has 0 saturated heterocycles. The molecule has 0 unspecified atom stereocenters. The summed E-state index contributed by atoms with van der Waals surface area (Å²) in [6.07, 6.45) is 7.22. The van der Waals surface area contributed by atoms with E-state index in [1.165, 1.54) is 19.3 Å². The highest BCUT2D eigenvalue weighted by atomic mass is 16.1. The molecule has 0 aliphatic heterocycles. The van der Waals surface area contributed by atoms with Crippen LogP contribution in [-0.4, -0.2) is 42.8 Å². The van der Waals surface area contributed by atoms with Crippen LogP contribution in [0.3, 0.4) is 0 Å². The molecule has 0 atom stereocenters. The van der Waals surface area contributed by atoms with Gasteiger partial charge in [-0.25, -0.2) is 0 Å². The van der Waals surface area contributed by atoms with Crippen LogP contribution in [0.15, 0.2) is 18.2 Å². The molecule has 1 aromatic carbocycles. The van der Waals surface area contributed by atoms with Crippen LogP contribution in [0.1, 0.15) is 64.8 Å². The molecule has 0 aromatic heterocycles. The van der Waals surface area contributed by atoms with Gasteiger partial charge in [0.2, 0.25) is 0 Å². The number of hydrogen-bond acceptors (Lipinski definition) is 3. The minimum absolute atomic E-state index is 0.0386. The molecule has 0 heterocycles. The molecule has 124 valence electrons. The second-order valence-electron chi connectivity index (χ2n) is 7.12. The third kappa shape index (κ3) is 3.05. The van der Waals surface area contributed by atoms with E-state index in [2.05, 4.69) is 24.3 Å². The van der Waals surface area contributed by atoms with Crippen molar-refractivity contribution in [3.63, 3.8) is 0 Å². The fourth-order valence-electron chi connectivity index (χ4n) is 4.04. The Hall–Kier alpha value is -1.68. The van der Waals surface area contributed by atoms with Crippen LogP contribution < -0.4 is 5.32 Å². The number of nitrogens with zero attached hydrogens (tertiary/aromatic N) is 1. The molecule has 0 bridgehead atoms. The summed E-state index contributed by atoms with van der Waals surface area (Å²) in [4.78, 5) is 26.8. The second-order valence-corrected chi connectivity index (χ2v) is 7.12. The van der Waals surface area contributed by atoms with Crippen molar-refractivity contribution in [3.05, 3.63) is 34.9 Å². The van der Waals surface area contributed by atoms with Crippen molar-refractivity contribution in [2.24, 2.45) is 0 Å². The number of rotatable bonds is 4. The van der Waals surface area contributed by atoms with E-state index in [4.69, 9.17) is 0 Å². The van der Waals surface area contributed by atoms with Gasteiger partial charge in [-0.15, -0.1) is 0 Å². The van der Waals surface area contributed by atoms with Crippen molar-refractivity contribution < 1.29 is 9.59 Å². The monoisotopic (exact) mass is 314 g/mol. The molecule has 2 aliphatic rings. The van der Waals surface area contributed by atoms with Gasteiger partial charge in [0, 0.05) is 29.6 Å². The van der Waals surface area contributed by atoms with Gasteiger partial charge in [0.1, 0.15) is 0 Å². The summed E-state index contributed by atoms with van der Waals surface area (Å²) >= 11 is 0. The zero-order chi connectivity index (χ0) is 16.4. The molecule has 1 N–H and O–H groups in total. The average Bonchev–Trinajstić information content (AvgIpc) is 2.95. The van der Waals surface area contributed by atoms with Crippen LogP contribution in [0.5, 0.6) is 0 Å². The summed E-state index contributed by atoms with van der Waals surface area (Å²) in [6, 6.07) is 5.50. The normalized spacial score (nSPS) is 19.7. The topological polar surface area (TPSA) is 49.4 Å². The quantitative estimate of drug-likeness (QED) is 0.930. The first-order valence-electron chi connectivity index (χ1n) is 8.64. The van der Waals surface area contributed by atoms with Crippen LogP contribution in [0.25, 0.3) is 0 Å². The third-order valence-corrected chi connectivity index (χ3v) is 5.63. The molecule has 23 heavy (non-hydrogen) atoms. The fourth-order valence-corrected chi connectivity index (χ4v) is 4.04. The summed E-state index contributed by atoms with van der Waals surface area (Å²) in [6.45, 7) is 0.677. The van der Waals surface area contributed by atoms with Crippen molar-refractivity contribution >= 4 is 11.7 Å². The maximum atomic E-state index is 12.7. The van der Waals surface area contributed by atoms with Crippen molar-refractivity contribution in [2.75, 3.05) is 20.6 Å². The summed E-state index contributed by atoms with van der Waals surface area (Å²) in [5.74, 6) is 0.120. The van der Waals surface area contributed by atoms with E-state index in [0.717, 1.165) is 24.0 Å². The molecule has 0 radical (unpaired) electrons. The SMILES string of the molecule is CN(C)C1(CNC(=O)c2cccc3c2CCC3=O)CCCCC1. The summed E-state index contributed by atoms with van der Waals surface area (Å²) in [7, 11) is 4.22. The molecule has 4 nitrogen and oxygen atoms in total. The smallest absolute Gasteiger partial charge is 0.251 e. The Morgan fingerprint density at radius 2 is 1.91 bits per heavy atom. The average molecular weight is 314 g/mol. The van der Waals surface area contributed by atoms with Gasteiger partial charge in [0.15, 0.2) is 5.78 Å². The molecule has 1 amide bonds. The van der Waals surface area contributed by atoms with Crippen LogP contribution in [0, 0.1) is 0 Å². The molecular weight excluding hydrogens is 288 g/mol. The van der Waals surface area contributed by atoms with Crippen molar-refractivity contribution in [2.45, 2.75) is 50.5 Å². The number of benzene rings is 1. The van der Waals surface area contributed by atoms with Crippen LogP contribution in [0.4, 0.5) is 0 Å². The number of Topliss-reactive ketones (excluding diaryl/α,β-unsaturated/α-hetero) is 1. The van der Waals surface area contributed by atoms with Gasteiger partial charge in [-0.2, -0.15) is 0 Å². The minimum atomic E-state index is -0.0386. The molecule has 4 heteroatoms. The summed E-state index contributed by atoms with van der Waals surface area (Å²) in [5, 5.41) is 3.14. The molecule has 1 saturated carbocycles. The number of carbonyl (C=O) groups is 2. The van der Waals surface area contributed by atoms with Gasteiger partial charge in [-0.1, -0.05) is 31.4 Å². The molecule has 0 spiro atoms. The lowest BCUT2D eigenvalue weighted by Crippen LogP contribution is -2.53. The van der Waals surface area contributed by atoms with E-state index in [-0.39, 0.29) is 17.2 Å². The number of likely N-dealkylation sites (N-methyl/N-ethyl adjacent to an activating group) is 1. The maximum absolute atomic E-state index is 12.7. The van der Waals surface area contributed by atoms with E-state index < -0.39 is 0 Å². The minimum Gasteiger partial charge on any atom is -0.350 e. The lowest BCUT2D eigenvalue weighted by molar-refractivity contribution is 0.0799.